The molecule has 2 aliphatic rings. The van der Waals surface area contributed by atoms with Gasteiger partial charge in [-0.3, -0.25) is 0 Å². The molecule has 1 aliphatic carbocycles. The summed E-state index contributed by atoms with van der Waals surface area (Å²) in [7, 11) is 0. The number of rotatable bonds is 5. The zero-order chi connectivity index (χ0) is 38.2. The van der Waals surface area contributed by atoms with E-state index in [1.54, 1.807) is 0 Å². The Kier molecular flexibility index (Phi) is 7.32. The molecule has 0 saturated carbocycles. The maximum Gasteiger partial charge on any atom is 0.159 e. The summed E-state index contributed by atoms with van der Waals surface area (Å²) in [6.07, 6.45) is 0.545. The third-order valence-corrected chi connectivity index (χ3v) is 11.9. The van der Waals surface area contributed by atoms with E-state index < -0.39 is 0 Å². The van der Waals surface area contributed by atoms with Gasteiger partial charge in [-0.05, 0) is 109 Å². The minimum atomic E-state index is -0.371. The summed E-state index contributed by atoms with van der Waals surface area (Å²) in [5.41, 5.74) is 14.6. The van der Waals surface area contributed by atoms with Crippen LogP contribution < -0.4 is 5.32 Å². The molecule has 4 nitrogen and oxygen atoms in total. The monoisotopic (exact) mass is 741 g/mol. The number of hydrogen-bond acceptors (Lipinski definition) is 4. The van der Waals surface area contributed by atoms with E-state index in [1.807, 2.05) is 12.1 Å². The second-order valence-electron chi connectivity index (χ2n) is 15.3. The molecular formula is C54H35N3O. The normalized spacial score (nSPS) is 14.7. The van der Waals surface area contributed by atoms with Crippen LogP contribution in [-0.4, -0.2) is 11.7 Å². The molecule has 0 saturated heterocycles. The Hall–Kier alpha value is -7.56. The van der Waals surface area contributed by atoms with Crippen molar-refractivity contribution in [2.24, 2.45) is 9.98 Å². The fourth-order valence-corrected chi connectivity index (χ4v) is 9.21. The van der Waals surface area contributed by atoms with E-state index in [0.29, 0.717) is 5.84 Å². The third-order valence-electron chi connectivity index (χ3n) is 11.9. The van der Waals surface area contributed by atoms with Gasteiger partial charge < -0.3 is 9.73 Å². The number of para-hydroxylation sites is 1. The second kappa shape index (κ2) is 13.0. The predicted octanol–water partition coefficient (Wildman–Crippen LogP) is 13.3. The van der Waals surface area contributed by atoms with Gasteiger partial charge in [-0.2, -0.15) is 0 Å². The SMILES string of the molecule is c1cc(C2=NC(c3cc(-c4cccc5oc6ccccc6c45)c4ccccc4c3)=NC(c3cccc4c3-c3ccccc3C4)N2)cc(-c2ccc3ccccc3c2)c1. The van der Waals surface area contributed by atoms with E-state index in [1.165, 1.54) is 44.0 Å². The number of amidine groups is 2. The van der Waals surface area contributed by atoms with Crippen molar-refractivity contribution < 1.29 is 4.42 Å². The summed E-state index contributed by atoms with van der Waals surface area (Å²) in [6.45, 7) is 0. The summed E-state index contributed by atoms with van der Waals surface area (Å²) < 4.78 is 6.37. The first kappa shape index (κ1) is 32.7. The number of nitrogens with zero attached hydrogens (tertiary/aromatic N) is 2. The Morgan fingerprint density at radius 2 is 1.16 bits per heavy atom. The Labute approximate surface area is 335 Å². The van der Waals surface area contributed by atoms with Crippen LogP contribution in [0, 0.1) is 0 Å². The van der Waals surface area contributed by atoms with Crippen molar-refractivity contribution in [3.63, 3.8) is 0 Å². The first-order chi connectivity index (χ1) is 28.7. The van der Waals surface area contributed by atoms with Gasteiger partial charge in [0, 0.05) is 27.5 Å². The molecule has 58 heavy (non-hydrogen) atoms. The smallest absolute Gasteiger partial charge is 0.159 e. The fraction of sp³-hybridized carbons (Fsp3) is 0.0370. The molecule has 0 spiro atoms. The summed E-state index contributed by atoms with van der Waals surface area (Å²) in [5, 5.41) is 10.8. The highest BCUT2D eigenvalue weighted by Gasteiger charge is 2.29. The molecule has 0 bridgehead atoms. The van der Waals surface area contributed by atoms with Gasteiger partial charge in [0.2, 0.25) is 0 Å². The highest BCUT2D eigenvalue weighted by Crippen LogP contribution is 2.43. The molecule has 0 amide bonds. The first-order valence-corrected chi connectivity index (χ1v) is 19.9. The van der Waals surface area contributed by atoms with Gasteiger partial charge >= 0.3 is 0 Å². The Balaban J connectivity index is 1.06. The molecule has 12 rings (SSSR count). The zero-order valence-corrected chi connectivity index (χ0v) is 31.5. The van der Waals surface area contributed by atoms with E-state index in [2.05, 4.69) is 181 Å². The van der Waals surface area contributed by atoms with Crippen molar-refractivity contribution >= 4 is 55.2 Å². The zero-order valence-electron chi connectivity index (χ0n) is 31.5. The molecule has 1 N–H and O–H groups in total. The van der Waals surface area contributed by atoms with Crippen LogP contribution in [0.25, 0.3) is 76.9 Å². The van der Waals surface area contributed by atoms with Gasteiger partial charge in [-0.25, -0.2) is 9.98 Å². The number of furan rings is 1. The third kappa shape index (κ3) is 5.30. The summed E-state index contributed by atoms with van der Waals surface area (Å²) in [6, 6.07) is 67.1. The first-order valence-electron chi connectivity index (χ1n) is 19.9. The van der Waals surface area contributed by atoms with Crippen molar-refractivity contribution in [3.05, 3.63) is 216 Å². The van der Waals surface area contributed by atoms with Gasteiger partial charge in [0.1, 0.15) is 23.2 Å². The number of hydrogen-bond donors (Lipinski definition) is 1. The maximum absolute atomic E-state index is 6.37. The number of nitrogens with one attached hydrogen (secondary N) is 1. The maximum atomic E-state index is 6.37. The fourth-order valence-electron chi connectivity index (χ4n) is 9.21. The molecule has 1 aliphatic heterocycles. The average molecular weight is 742 g/mol. The van der Waals surface area contributed by atoms with E-state index in [0.717, 1.165) is 73.0 Å². The van der Waals surface area contributed by atoms with Crippen molar-refractivity contribution in [2.45, 2.75) is 12.6 Å². The molecule has 1 atom stereocenters. The van der Waals surface area contributed by atoms with E-state index in [9.17, 15) is 0 Å². The summed E-state index contributed by atoms with van der Waals surface area (Å²) >= 11 is 0. The quantitative estimate of drug-likeness (QED) is 0.191. The lowest BCUT2D eigenvalue weighted by molar-refractivity contribution is 0.669. The second-order valence-corrected chi connectivity index (χ2v) is 15.3. The van der Waals surface area contributed by atoms with E-state index >= 15 is 0 Å². The lowest BCUT2D eigenvalue weighted by Crippen LogP contribution is -2.34. The molecule has 1 unspecified atom stereocenters. The summed E-state index contributed by atoms with van der Waals surface area (Å²) in [5.74, 6) is 1.48. The van der Waals surface area contributed by atoms with E-state index in [-0.39, 0.29) is 6.17 Å². The number of aliphatic imine (C=N–C) groups is 2. The van der Waals surface area contributed by atoms with Crippen molar-refractivity contribution in [2.75, 3.05) is 0 Å². The van der Waals surface area contributed by atoms with Gasteiger partial charge in [0.25, 0.3) is 0 Å². The molecule has 2 heterocycles. The standard InChI is InChI=1S/C54H35N3O/c1-2-13-34-28-36(27-26-33(34)12-1)35-16-9-18-40(29-35)52-55-53(57-54(56-52)46-23-10-17-39-30-38-15-4-6-20-43(38)50(39)46)41-31-37-14-3-5-19-42(37)47(32-41)44-22-11-25-49-51(44)45-21-7-8-24-48(45)58-49/h1-29,31-32,54H,30H2,(H,55,56,57). The highest BCUT2D eigenvalue weighted by molar-refractivity contribution is 6.18. The van der Waals surface area contributed by atoms with Gasteiger partial charge in [-0.15, -0.1) is 0 Å². The minimum Gasteiger partial charge on any atom is -0.456 e. The van der Waals surface area contributed by atoms with E-state index in [4.69, 9.17) is 14.4 Å². The highest BCUT2D eigenvalue weighted by atomic mass is 16.3. The van der Waals surface area contributed by atoms with Crippen LogP contribution in [-0.2, 0) is 6.42 Å². The molecule has 10 aromatic rings. The Morgan fingerprint density at radius 1 is 0.466 bits per heavy atom. The molecular weight excluding hydrogens is 707 g/mol. The lowest BCUT2D eigenvalue weighted by atomic mass is 9.92. The Bertz CT molecular complexity index is 3370. The topological polar surface area (TPSA) is 49.9 Å². The molecule has 272 valence electrons. The van der Waals surface area contributed by atoms with Gasteiger partial charge in [-0.1, -0.05) is 152 Å². The largest absolute Gasteiger partial charge is 0.456 e. The van der Waals surface area contributed by atoms with Crippen LogP contribution in [0.3, 0.4) is 0 Å². The lowest BCUT2D eigenvalue weighted by Gasteiger charge is -2.26. The molecule has 0 radical (unpaired) electrons. The predicted molar refractivity (Wildman–Crippen MR) is 240 cm³/mol. The molecule has 0 fully saturated rings. The molecule has 1 aromatic heterocycles. The van der Waals surface area contributed by atoms with Crippen LogP contribution in [0.2, 0.25) is 0 Å². The van der Waals surface area contributed by atoms with Crippen LogP contribution in [0.4, 0.5) is 0 Å². The van der Waals surface area contributed by atoms with Crippen LogP contribution >= 0.6 is 0 Å². The minimum absolute atomic E-state index is 0.371. The summed E-state index contributed by atoms with van der Waals surface area (Å²) in [4.78, 5) is 10.9. The van der Waals surface area contributed by atoms with Crippen molar-refractivity contribution in [1.29, 1.82) is 0 Å². The van der Waals surface area contributed by atoms with Gasteiger partial charge in [0.05, 0.1) is 0 Å². The Morgan fingerprint density at radius 3 is 2.10 bits per heavy atom. The molecule has 4 heteroatoms. The number of fused-ring (bicyclic) bond motifs is 8. The molecule has 9 aromatic carbocycles. The van der Waals surface area contributed by atoms with Crippen molar-refractivity contribution in [1.82, 2.24) is 5.32 Å². The average Bonchev–Trinajstić information content (AvgIpc) is 3.87. The van der Waals surface area contributed by atoms with Gasteiger partial charge in [0.15, 0.2) is 5.84 Å². The van der Waals surface area contributed by atoms with Crippen molar-refractivity contribution in [3.8, 4) is 33.4 Å². The van der Waals surface area contributed by atoms with Crippen LogP contribution in [0.1, 0.15) is 34.0 Å². The number of benzene rings is 9. The van der Waals surface area contributed by atoms with Crippen LogP contribution in [0.5, 0.6) is 0 Å². The van der Waals surface area contributed by atoms with Crippen LogP contribution in [0.15, 0.2) is 202 Å².